The first-order valence-electron chi connectivity index (χ1n) is 9.61. The summed E-state index contributed by atoms with van der Waals surface area (Å²) in [6.45, 7) is 4.99. The van der Waals surface area contributed by atoms with Crippen molar-refractivity contribution in [3.8, 4) is 0 Å². The molecule has 1 unspecified atom stereocenters. The zero-order chi connectivity index (χ0) is 18.2. The quantitative estimate of drug-likeness (QED) is 0.569. The summed E-state index contributed by atoms with van der Waals surface area (Å²) < 4.78 is 5.19. The number of ether oxygens (including phenoxy) is 1. The molecule has 1 fully saturated rings. The van der Waals surface area contributed by atoms with Gasteiger partial charge < -0.3 is 10.5 Å². The van der Waals surface area contributed by atoms with E-state index in [-0.39, 0.29) is 23.6 Å². The van der Waals surface area contributed by atoms with E-state index in [0.29, 0.717) is 12.5 Å². The van der Waals surface area contributed by atoms with Crippen molar-refractivity contribution in [2.24, 2.45) is 17.6 Å². The van der Waals surface area contributed by atoms with E-state index in [9.17, 15) is 9.59 Å². The lowest BCUT2D eigenvalue weighted by Gasteiger charge is -2.26. The number of nitrogens with two attached hydrogens (primary N) is 1. The summed E-state index contributed by atoms with van der Waals surface area (Å²) in [5.74, 6) is 0.499. The molecule has 0 aliphatic heterocycles. The number of benzene rings is 1. The third-order valence-electron chi connectivity index (χ3n) is 5.30. The van der Waals surface area contributed by atoms with E-state index in [0.717, 1.165) is 56.2 Å². The van der Waals surface area contributed by atoms with Crippen molar-refractivity contribution in [1.29, 1.82) is 0 Å². The molecule has 0 spiro atoms. The monoisotopic (exact) mass is 345 g/mol. The van der Waals surface area contributed by atoms with Crippen LogP contribution in [0, 0.1) is 11.8 Å². The van der Waals surface area contributed by atoms with Crippen molar-refractivity contribution < 1.29 is 14.3 Å². The smallest absolute Gasteiger partial charge is 0.313 e. The first-order valence-corrected chi connectivity index (χ1v) is 9.61. The number of carbonyl (C=O) groups excluding carboxylic acids is 2. The molecule has 0 radical (unpaired) electrons. The van der Waals surface area contributed by atoms with Crippen molar-refractivity contribution in [2.45, 2.75) is 58.3 Å². The lowest BCUT2D eigenvalue weighted by molar-refractivity contribution is -0.145. The molecule has 0 bridgehead atoms. The van der Waals surface area contributed by atoms with Crippen LogP contribution < -0.4 is 5.73 Å². The standard InChI is InChI=1S/C21H31NO3/c1-3-5-19(21(24)25-4-2)16-10-12-18(13-11-16)20(23)17-8-6-15(14-22)7-9-17/h10-13,15,17,19H,3-9,14,22H2,1-2H3. The van der Waals surface area contributed by atoms with Crippen molar-refractivity contribution in [3.63, 3.8) is 0 Å². The molecule has 0 saturated heterocycles. The highest BCUT2D eigenvalue weighted by molar-refractivity contribution is 5.98. The minimum Gasteiger partial charge on any atom is -0.466 e. The largest absolute Gasteiger partial charge is 0.466 e. The number of hydrogen-bond donors (Lipinski definition) is 1. The minimum atomic E-state index is -0.242. The second kappa shape index (κ2) is 9.71. The maximum Gasteiger partial charge on any atom is 0.313 e. The minimum absolute atomic E-state index is 0.116. The summed E-state index contributed by atoms with van der Waals surface area (Å²) in [6, 6.07) is 7.56. The zero-order valence-electron chi connectivity index (χ0n) is 15.5. The Hall–Kier alpha value is -1.68. The highest BCUT2D eigenvalue weighted by Crippen LogP contribution is 2.31. The average molecular weight is 345 g/mol. The number of carbonyl (C=O) groups is 2. The van der Waals surface area contributed by atoms with Gasteiger partial charge in [-0.1, -0.05) is 37.6 Å². The van der Waals surface area contributed by atoms with Crippen LogP contribution in [0.1, 0.15) is 74.2 Å². The molecular formula is C21H31NO3. The molecule has 2 N–H and O–H groups in total. The summed E-state index contributed by atoms with van der Waals surface area (Å²) in [6.07, 6.45) is 5.64. The van der Waals surface area contributed by atoms with Gasteiger partial charge in [0.25, 0.3) is 0 Å². The number of hydrogen-bond acceptors (Lipinski definition) is 4. The average Bonchev–Trinajstić information content (AvgIpc) is 2.66. The highest BCUT2D eigenvalue weighted by atomic mass is 16.5. The van der Waals surface area contributed by atoms with Gasteiger partial charge in [0, 0.05) is 11.5 Å². The van der Waals surface area contributed by atoms with E-state index in [1.54, 1.807) is 0 Å². The summed E-state index contributed by atoms with van der Waals surface area (Å²) in [5.41, 5.74) is 7.41. The molecule has 0 heterocycles. The fourth-order valence-electron chi connectivity index (χ4n) is 3.73. The predicted octanol–water partition coefficient (Wildman–Crippen LogP) is 4.08. The Labute approximate surface area is 151 Å². The predicted molar refractivity (Wildman–Crippen MR) is 99.6 cm³/mol. The first-order chi connectivity index (χ1) is 12.1. The molecule has 0 amide bonds. The van der Waals surface area contributed by atoms with Gasteiger partial charge in [-0.05, 0) is 57.1 Å². The highest BCUT2D eigenvalue weighted by Gasteiger charge is 2.27. The van der Waals surface area contributed by atoms with Crippen LogP contribution in [0.15, 0.2) is 24.3 Å². The van der Waals surface area contributed by atoms with Gasteiger partial charge in [0.05, 0.1) is 12.5 Å². The van der Waals surface area contributed by atoms with Crippen molar-refractivity contribution >= 4 is 11.8 Å². The maximum absolute atomic E-state index is 12.7. The van der Waals surface area contributed by atoms with Crippen LogP contribution in [0.5, 0.6) is 0 Å². The van der Waals surface area contributed by atoms with Crippen LogP contribution in [-0.4, -0.2) is 24.9 Å². The Balaban J connectivity index is 2.05. The van der Waals surface area contributed by atoms with Crippen LogP contribution >= 0.6 is 0 Å². The van der Waals surface area contributed by atoms with Gasteiger partial charge >= 0.3 is 5.97 Å². The van der Waals surface area contributed by atoms with Crippen molar-refractivity contribution in [3.05, 3.63) is 35.4 Å². The molecule has 4 nitrogen and oxygen atoms in total. The van der Waals surface area contributed by atoms with Crippen LogP contribution in [0.3, 0.4) is 0 Å². The van der Waals surface area contributed by atoms with Gasteiger partial charge in [-0.3, -0.25) is 9.59 Å². The molecule has 138 valence electrons. The topological polar surface area (TPSA) is 69.4 Å². The molecule has 1 aliphatic rings. The molecule has 0 aromatic heterocycles. The third kappa shape index (κ3) is 5.15. The fourth-order valence-corrected chi connectivity index (χ4v) is 3.73. The molecule has 1 aliphatic carbocycles. The number of esters is 1. The van der Waals surface area contributed by atoms with Gasteiger partial charge in [0.1, 0.15) is 0 Å². The first kappa shape index (κ1) is 19.6. The van der Waals surface area contributed by atoms with Crippen LogP contribution in [-0.2, 0) is 9.53 Å². The molecule has 1 aromatic rings. The van der Waals surface area contributed by atoms with E-state index in [4.69, 9.17) is 10.5 Å². The van der Waals surface area contributed by atoms with Gasteiger partial charge in [0.2, 0.25) is 0 Å². The lowest BCUT2D eigenvalue weighted by atomic mass is 9.78. The van der Waals surface area contributed by atoms with E-state index in [1.807, 2.05) is 31.2 Å². The Morgan fingerprint density at radius 3 is 2.28 bits per heavy atom. The summed E-state index contributed by atoms with van der Waals surface area (Å²) >= 11 is 0. The molecule has 1 saturated carbocycles. The van der Waals surface area contributed by atoms with Crippen molar-refractivity contribution in [2.75, 3.05) is 13.2 Å². The van der Waals surface area contributed by atoms with Gasteiger partial charge in [-0.2, -0.15) is 0 Å². The Morgan fingerprint density at radius 2 is 1.76 bits per heavy atom. The summed E-state index contributed by atoms with van der Waals surface area (Å²) in [5, 5.41) is 0. The molecular weight excluding hydrogens is 314 g/mol. The third-order valence-corrected chi connectivity index (χ3v) is 5.30. The molecule has 25 heavy (non-hydrogen) atoms. The second-order valence-electron chi connectivity index (χ2n) is 7.03. The Morgan fingerprint density at radius 1 is 1.12 bits per heavy atom. The van der Waals surface area contributed by atoms with Crippen molar-refractivity contribution in [1.82, 2.24) is 0 Å². The second-order valence-corrected chi connectivity index (χ2v) is 7.03. The molecule has 1 aromatic carbocycles. The fraction of sp³-hybridized carbons (Fsp3) is 0.619. The van der Waals surface area contributed by atoms with Gasteiger partial charge in [-0.15, -0.1) is 0 Å². The number of ketones is 1. The van der Waals surface area contributed by atoms with Gasteiger partial charge in [-0.25, -0.2) is 0 Å². The maximum atomic E-state index is 12.7. The van der Waals surface area contributed by atoms with Crippen LogP contribution in [0.2, 0.25) is 0 Å². The van der Waals surface area contributed by atoms with E-state index in [1.165, 1.54) is 0 Å². The van der Waals surface area contributed by atoms with Gasteiger partial charge in [0.15, 0.2) is 5.78 Å². The SMILES string of the molecule is CCCC(C(=O)OCC)c1ccc(C(=O)C2CCC(CN)CC2)cc1. The van der Waals surface area contributed by atoms with E-state index < -0.39 is 0 Å². The van der Waals surface area contributed by atoms with Crippen LogP contribution in [0.4, 0.5) is 0 Å². The van der Waals surface area contributed by atoms with E-state index in [2.05, 4.69) is 6.92 Å². The van der Waals surface area contributed by atoms with E-state index >= 15 is 0 Å². The van der Waals surface area contributed by atoms with Crippen LogP contribution in [0.25, 0.3) is 0 Å². The summed E-state index contributed by atoms with van der Waals surface area (Å²) in [7, 11) is 0. The Bertz CT molecular complexity index is 559. The normalized spacial score (nSPS) is 21.6. The molecule has 2 rings (SSSR count). The zero-order valence-corrected chi connectivity index (χ0v) is 15.5. The molecule has 1 atom stereocenters. The lowest BCUT2D eigenvalue weighted by Crippen LogP contribution is -2.25. The number of rotatable bonds is 8. The molecule has 4 heteroatoms. The Kier molecular flexibility index (Phi) is 7.63. The number of Topliss-reactive ketones (excluding diaryl/α,β-unsaturated/α-hetero) is 1. The summed E-state index contributed by atoms with van der Waals surface area (Å²) in [4.78, 5) is 24.9.